The van der Waals surface area contributed by atoms with Crippen molar-refractivity contribution in [3.8, 4) is 11.1 Å². The number of hydrogen-bond donors (Lipinski definition) is 1. The number of rotatable bonds is 4. The van der Waals surface area contributed by atoms with Gasteiger partial charge in [-0.1, -0.05) is 23.2 Å². The van der Waals surface area contributed by atoms with Crippen LogP contribution in [0.2, 0.25) is 10.0 Å². The maximum absolute atomic E-state index is 13.5. The topological polar surface area (TPSA) is 61.9 Å². The van der Waals surface area contributed by atoms with Gasteiger partial charge < -0.3 is 4.90 Å². The van der Waals surface area contributed by atoms with E-state index in [-0.39, 0.29) is 17.9 Å². The number of nitrogens with one attached hydrogen (secondary N) is 1. The molecule has 1 saturated heterocycles. The van der Waals surface area contributed by atoms with Gasteiger partial charge in [-0.15, -0.1) is 0 Å². The molecule has 3 heterocycles. The van der Waals surface area contributed by atoms with Gasteiger partial charge in [0, 0.05) is 46.5 Å². The number of aryl methyl sites for hydroxylation is 1. The van der Waals surface area contributed by atoms with Crippen LogP contribution >= 0.6 is 23.2 Å². The number of fused-ring (bicyclic) bond motifs is 1. The number of carbonyl (C=O) groups is 1. The number of hydrogen-bond acceptors (Lipinski definition) is 3. The fourth-order valence-corrected chi connectivity index (χ4v) is 5.41. The molecule has 0 bridgehead atoms. The van der Waals surface area contributed by atoms with Crippen molar-refractivity contribution in [2.45, 2.75) is 38.1 Å². The van der Waals surface area contributed by atoms with Crippen molar-refractivity contribution in [3.63, 3.8) is 0 Å². The maximum Gasteiger partial charge on any atom is 0.226 e. The Hall–Kier alpha value is -2.44. The summed E-state index contributed by atoms with van der Waals surface area (Å²) in [7, 11) is 0. The highest BCUT2D eigenvalue weighted by atomic mass is 35.5. The van der Waals surface area contributed by atoms with Gasteiger partial charge >= 0.3 is 0 Å². The zero-order chi connectivity index (χ0) is 21.5. The summed E-state index contributed by atoms with van der Waals surface area (Å²) in [5.74, 6) is -0.523. The lowest BCUT2D eigenvalue weighted by Crippen LogP contribution is -2.41. The zero-order valence-corrected chi connectivity index (χ0v) is 18.3. The average molecular weight is 459 g/mol. The smallest absolute Gasteiger partial charge is 0.226 e. The molecule has 1 N–H and O–H groups in total. The highest BCUT2D eigenvalue weighted by Crippen LogP contribution is 2.36. The van der Waals surface area contributed by atoms with Gasteiger partial charge in [-0.05, 0) is 72.6 Å². The Balaban J connectivity index is 1.32. The molecular weight excluding hydrogens is 438 g/mol. The highest BCUT2D eigenvalue weighted by Gasteiger charge is 2.37. The van der Waals surface area contributed by atoms with Crippen LogP contribution in [0.25, 0.3) is 11.1 Å². The van der Waals surface area contributed by atoms with E-state index >= 15 is 0 Å². The third-order valence-corrected chi connectivity index (χ3v) is 7.11. The van der Waals surface area contributed by atoms with Gasteiger partial charge in [0.1, 0.15) is 0 Å². The predicted molar refractivity (Wildman–Crippen MR) is 118 cm³/mol. The van der Waals surface area contributed by atoms with Crippen LogP contribution in [-0.4, -0.2) is 38.6 Å². The standard InChI is InChI=1S/C23H21Cl2FN4O/c24-19-9-15(13-3-5-27-22(26)11-13)10-20(25)18(19)8-14-4-6-30(23(14)31)17-1-2-21-16(7-17)12-28-29-21/h3,5,9-12,14,17H,1-2,4,6-8H2,(H,28,29)/t14-,17?/m0/s1. The zero-order valence-electron chi connectivity index (χ0n) is 16.7. The number of halogens is 3. The molecule has 1 unspecified atom stereocenters. The van der Waals surface area contributed by atoms with Gasteiger partial charge in [-0.25, -0.2) is 4.98 Å². The minimum atomic E-state index is -0.560. The summed E-state index contributed by atoms with van der Waals surface area (Å²) < 4.78 is 13.5. The fraction of sp³-hybridized carbons (Fsp3) is 0.348. The number of H-pyrrole nitrogens is 1. The van der Waals surface area contributed by atoms with E-state index in [0.717, 1.165) is 43.4 Å². The van der Waals surface area contributed by atoms with Crippen molar-refractivity contribution < 1.29 is 9.18 Å². The Bertz CT molecular complexity index is 1130. The van der Waals surface area contributed by atoms with Crippen LogP contribution in [0.5, 0.6) is 0 Å². The van der Waals surface area contributed by atoms with Crippen molar-refractivity contribution in [2.75, 3.05) is 6.54 Å². The van der Waals surface area contributed by atoms with E-state index in [1.54, 1.807) is 18.2 Å². The van der Waals surface area contributed by atoms with Crippen molar-refractivity contribution in [1.82, 2.24) is 20.1 Å². The first-order chi connectivity index (χ1) is 15.0. The lowest BCUT2D eigenvalue weighted by atomic mass is 9.92. The molecule has 31 heavy (non-hydrogen) atoms. The quantitative estimate of drug-likeness (QED) is 0.567. The average Bonchev–Trinajstić information content (AvgIpc) is 3.36. The van der Waals surface area contributed by atoms with E-state index in [0.29, 0.717) is 22.0 Å². The molecule has 0 saturated carbocycles. The van der Waals surface area contributed by atoms with Crippen molar-refractivity contribution in [1.29, 1.82) is 0 Å². The van der Waals surface area contributed by atoms with E-state index in [2.05, 4.69) is 15.2 Å². The molecule has 160 valence electrons. The number of carbonyl (C=O) groups excluding carboxylic acids is 1. The Morgan fingerprint density at radius 1 is 1.16 bits per heavy atom. The molecule has 1 aromatic carbocycles. The maximum atomic E-state index is 13.5. The van der Waals surface area contributed by atoms with Crippen LogP contribution in [0, 0.1) is 11.9 Å². The molecule has 1 aliphatic heterocycles. The van der Waals surface area contributed by atoms with Gasteiger partial charge in [-0.2, -0.15) is 9.49 Å². The molecule has 0 spiro atoms. The molecule has 1 aliphatic carbocycles. The number of amides is 1. The largest absolute Gasteiger partial charge is 0.339 e. The van der Waals surface area contributed by atoms with Gasteiger partial charge in [-0.3, -0.25) is 9.89 Å². The Morgan fingerprint density at radius 3 is 2.74 bits per heavy atom. The molecule has 1 amide bonds. The molecule has 8 heteroatoms. The minimum Gasteiger partial charge on any atom is -0.339 e. The molecule has 3 aromatic rings. The molecule has 1 fully saturated rings. The number of aromatic nitrogens is 3. The predicted octanol–water partition coefficient (Wildman–Crippen LogP) is 4.87. The van der Waals surface area contributed by atoms with E-state index in [1.165, 1.54) is 23.5 Å². The van der Waals surface area contributed by atoms with Crippen molar-refractivity contribution >= 4 is 29.1 Å². The van der Waals surface area contributed by atoms with Crippen LogP contribution in [0.3, 0.4) is 0 Å². The summed E-state index contributed by atoms with van der Waals surface area (Å²) in [5, 5.41) is 8.16. The molecule has 2 atom stereocenters. The second-order valence-corrected chi connectivity index (χ2v) is 9.09. The van der Waals surface area contributed by atoms with Crippen LogP contribution in [0.1, 0.15) is 29.7 Å². The molecule has 2 aromatic heterocycles. The second kappa shape index (κ2) is 8.24. The molecule has 5 rings (SSSR count). The number of aromatic amines is 1. The normalized spacial score (nSPS) is 20.9. The molecule has 5 nitrogen and oxygen atoms in total. The van der Waals surface area contributed by atoms with E-state index in [9.17, 15) is 9.18 Å². The first-order valence-electron chi connectivity index (χ1n) is 10.4. The summed E-state index contributed by atoms with van der Waals surface area (Å²) in [6, 6.07) is 6.82. The van der Waals surface area contributed by atoms with Crippen LogP contribution in [-0.2, 0) is 24.1 Å². The van der Waals surface area contributed by atoms with Gasteiger partial charge in [0.05, 0.1) is 6.20 Å². The number of benzene rings is 1. The Morgan fingerprint density at radius 2 is 1.97 bits per heavy atom. The first-order valence-corrected chi connectivity index (χ1v) is 11.2. The fourth-order valence-electron chi connectivity index (χ4n) is 4.77. The molecule has 0 radical (unpaired) electrons. The third kappa shape index (κ3) is 3.94. The number of nitrogens with zero attached hydrogens (tertiary/aromatic N) is 3. The minimum absolute atomic E-state index is 0.134. The number of pyridine rings is 1. The summed E-state index contributed by atoms with van der Waals surface area (Å²) in [6.45, 7) is 0.755. The summed E-state index contributed by atoms with van der Waals surface area (Å²) in [4.78, 5) is 18.8. The van der Waals surface area contributed by atoms with Gasteiger partial charge in [0.2, 0.25) is 11.9 Å². The molecule has 2 aliphatic rings. The van der Waals surface area contributed by atoms with Crippen LogP contribution < -0.4 is 0 Å². The van der Waals surface area contributed by atoms with E-state index in [4.69, 9.17) is 23.2 Å². The van der Waals surface area contributed by atoms with Gasteiger partial charge in [0.25, 0.3) is 0 Å². The summed E-state index contributed by atoms with van der Waals surface area (Å²) in [5.41, 5.74) is 4.54. The van der Waals surface area contributed by atoms with E-state index in [1.807, 2.05) is 11.1 Å². The van der Waals surface area contributed by atoms with Gasteiger partial charge in [0.15, 0.2) is 0 Å². The Kier molecular flexibility index (Phi) is 5.44. The highest BCUT2D eigenvalue weighted by molar-refractivity contribution is 6.36. The second-order valence-electron chi connectivity index (χ2n) is 8.28. The summed E-state index contributed by atoms with van der Waals surface area (Å²) >= 11 is 13.1. The number of likely N-dealkylation sites (tertiary alicyclic amines) is 1. The lowest BCUT2D eigenvalue weighted by Gasteiger charge is -2.31. The van der Waals surface area contributed by atoms with E-state index < -0.39 is 5.95 Å². The Labute approximate surface area is 189 Å². The monoisotopic (exact) mass is 458 g/mol. The van der Waals surface area contributed by atoms with Crippen molar-refractivity contribution in [2.24, 2.45) is 5.92 Å². The van der Waals surface area contributed by atoms with Crippen LogP contribution in [0.15, 0.2) is 36.7 Å². The van der Waals surface area contributed by atoms with Crippen LogP contribution in [0.4, 0.5) is 4.39 Å². The lowest BCUT2D eigenvalue weighted by molar-refractivity contribution is -0.133. The molecular formula is C23H21Cl2FN4O. The summed E-state index contributed by atoms with van der Waals surface area (Å²) in [6.07, 6.45) is 7.29. The SMILES string of the molecule is O=C1[C@H](Cc2c(Cl)cc(-c3ccnc(F)c3)cc2Cl)CCN1C1CCc2[nH]ncc2C1. The van der Waals surface area contributed by atoms with Crippen molar-refractivity contribution in [3.05, 3.63) is 69.5 Å². The first kappa shape index (κ1) is 20.5. The third-order valence-electron chi connectivity index (χ3n) is 6.43.